The van der Waals surface area contributed by atoms with Crippen molar-refractivity contribution in [2.75, 3.05) is 39.9 Å². The predicted octanol–water partition coefficient (Wildman–Crippen LogP) is 2.64. The van der Waals surface area contributed by atoms with Crippen molar-refractivity contribution in [2.45, 2.75) is 32.4 Å². The summed E-state index contributed by atoms with van der Waals surface area (Å²) in [6, 6.07) is 6.05. The maximum atomic E-state index is 12.5. The molecule has 2 aliphatic heterocycles. The number of hydrogen-bond donors (Lipinski definition) is 1. The number of nitrogens with one attached hydrogen (secondary N) is 1. The number of carbonyl (C=O) groups excluding carboxylic acids is 1. The van der Waals surface area contributed by atoms with Crippen LogP contribution >= 0.6 is 0 Å². The lowest BCUT2D eigenvalue weighted by molar-refractivity contribution is 0.170. The summed E-state index contributed by atoms with van der Waals surface area (Å²) in [4.78, 5) is 16.6. The number of amides is 2. The lowest BCUT2D eigenvalue weighted by Crippen LogP contribution is -2.48. The molecule has 0 bridgehead atoms. The van der Waals surface area contributed by atoms with Crippen LogP contribution < -0.4 is 14.8 Å². The lowest BCUT2D eigenvalue weighted by Gasteiger charge is -2.33. The first-order valence-corrected chi connectivity index (χ1v) is 9.28. The zero-order valence-corrected chi connectivity index (χ0v) is 15.8. The topological polar surface area (TPSA) is 54.0 Å². The SMILES string of the molecule is C=C(C)CN1CCC(NC(=O)N(C)Cc2ccc3c(c2)OCCO3)CC1. The minimum Gasteiger partial charge on any atom is -0.486 e. The van der Waals surface area contributed by atoms with E-state index < -0.39 is 0 Å². The fourth-order valence-corrected chi connectivity index (χ4v) is 3.43. The van der Waals surface area contributed by atoms with Gasteiger partial charge in [-0.25, -0.2) is 4.79 Å². The van der Waals surface area contributed by atoms with Crippen LogP contribution in [-0.2, 0) is 6.54 Å². The number of carbonyl (C=O) groups is 1. The number of rotatable bonds is 5. The fourth-order valence-electron chi connectivity index (χ4n) is 3.43. The highest BCUT2D eigenvalue weighted by molar-refractivity contribution is 5.74. The molecule has 1 aromatic rings. The van der Waals surface area contributed by atoms with Gasteiger partial charge in [0.05, 0.1) is 0 Å². The number of benzene rings is 1. The summed E-state index contributed by atoms with van der Waals surface area (Å²) in [5.74, 6) is 1.53. The van der Waals surface area contributed by atoms with Crippen molar-refractivity contribution in [3.8, 4) is 11.5 Å². The summed E-state index contributed by atoms with van der Waals surface area (Å²) in [7, 11) is 1.82. The van der Waals surface area contributed by atoms with Gasteiger partial charge in [0.25, 0.3) is 0 Å². The molecule has 1 fully saturated rings. The molecule has 6 heteroatoms. The Bertz CT molecular complexity index is 654. The first-order chi connectivity index (χ1) is 12.5. The van der Waals surface area contributed by atoms with Crippen LogP contribution in [0.5, 0.6) is 11.5 Å². The summed E-state index contributed by atoms with van der Waals surface area (Å²) in [5, 5.41) is 3.16. The molecule has 2 amide bonds. The molecule has 0 aliphatic carbocycles. The second kappa shape index (κ2) is 8.45. The van der Waals surface area contributed by atoms with Crippen LogP contribution in [0.3, 0.4) is 0 Å². The first-order valence-electron chi connectivity index (χ1n) is 9.28. The summed E-state index contributed by atoms with van der Waals surface area (Å²) in [6.45, 7) is 10.7. The Kier molecular flexibility index (Phi) is 6.04. The summed E-state index contributed by atoms with van der Waals surface area (Å²) in [6.07, 6.45) is 1.97. The average Bonchev–Trinajstić information content (AvgIpc) is 2.62. The Hall–Kier alpha value is -2.21. The van der Waals surface area contributed by atoms with E-state index >= 15 is 0 Å². The monoisotopic (exact) mass is 359 g/mol. The van der Waals surface area contributed by atoms with E-state index in [1.807, 2.05) is 25.2 Å². The lowest BCUT2D eigenvalue weighted by atomic mass is 10.0. The van der Waals surface area contributed by atoms with Crippen molar-refractivity contribution in [1.29, 1.82) is 0 Å². The fraction of sp³-hybridized carbons (Fsp3) is 0.550. The van der Waals surface area contributed by atoms with E-state index in [-0.39, 0.29) is 12.1 Å². The molecule has 1 saturated heterocycles. The van der Waals surface area contributed by atoms with E-state index in [0.717, 1.165) is 49.5 Å². The molecule has 0 atom stereocenters. The van der Waals surface area contributed by atoms with Crippen LogP contribution in [0, 0.1) is 0 Å². The maximum absolute atomic E-state index is 12.5. The summed E-state index contributed by atoms with van der Waals surface area (Å²) in [5.41, 5.74) is 2.22. The van der Waals surface area contributed by atoms with Gasteiger partial charge < -0.3 is 19.7 Å². The van der Waals surface area contributed by atoms with Crippen molar-refractivity contribution in [3.63, 3.8) is 0 Å². The largest absolute Gasteiger partial charge is 0.486 e. The molecule has 142 valence electrons. The third-order valence-corrected chi connectivity index (χ3v) is 4.78. The normalized spacial score (nSPS) is 17.6. The number of likely N-dealkylation sites (tertiary alicyclic amines) is 1. The number of urea groups is 1. The standard InChI is InChI=1S/C20H29N3O3/c1-15(2)13-23-8-6-17(7-9-23)21-20(24)22(3)14-16-4-5-18-19(12-16)26-11-10-25-18/h4-5,12,17H,1,6-11,13-14H2,2-3H3,(H,21,24). The number of fused-ring (bicyclic) bond motifs is 1. The van der Waals surface area contributed by atoms with Crippen LogP contribution in [0.25, 0.3) is 0 Å². The van der Waals surface area contributed by atoms with Crippen LogP contribution in [0.2, 0.25) is 0 Å². The summed E-state index contributed by atoms with van der Waals surface area (Å²) >= 11 is 0. The van der Waals surface area contributed by atoms with E-state index in [0.29, 0.717) is 19.8 Å². The molecular formula is C20H29N3O3. The third kappa shape index (κ3) is 4.91. The van der Waals surface area contributed by atoms with Crippen molar-refractivity contribution in [1.82, 2.24) is 15.1 Å². The van der Waals surface area contributed by atoms with Crippen LogP contribution in [-0.4, -0.2) is 61.8 Å². The van der Waals surface area contributed by atoms with Gasteiger partial charge in [0.1, 0.15) is 13.2 Å². The first kappa shape index (κ1) is 18.6. The highest BCUT2D eigenvalue weighted by Crippen LogP contribution is 2.31. The minimum atomic E-state index is -0.0294. The van der Waals surface area contributed by atoms with Crippen LogP contribution in [0.1, 0.15) is 25.3 Å². The van der Waals surface area contributed by atoms with Gasteiger partial charge in [-0.3, -0.25) is 4.90 Å². The second-order valence-electron chi connectivity index (χ2n) is 7.29. The average molecular weight is 359 g/mol. The molecule has 0 unspecified atom stereocenters. The van der Waals surface area contributed by atoms with Crippen molar-refractivity contribution in [2.24, 2.45) is 0 Å². The van der Waals surface area contributed by atoms with E-state index in [1.165, 1.54) is 5.57 Å². The quantitative estimate of drug-likeness (QED) is 0.821. The number of ether oxygens (including phenoxy) is 2. The molecule has 0 saturated carbocycles. The Morgan fingerprint density at radius 2 is 1.96 bits per heavy atom. The smallest absolute Gasteiger partial charge is 0.317 e. The molecule has 6 nitrogen and oxygen atoms in total. The predicted molar refractivity (Wildman–Crippen MR) is 102 cm³/mol. The van der Waals surface area contributed by atoms with Gasteiger partial charge in [-0.2, -0.15) is 0 Å². The van der Waals surface area contributed by atoms with Gasteiger partial charge in [0.2, 0.25) is 0 Å². The van der Waals surface area contributed by atoms with Gasteiger partial charge in [-0.05, 0) is 37.5 Å². The minimum absolute atomic E-state index is 0.0294. The zero-order valence-electron chi connectivity index (χ0n) is 15.8. The van der Waals surface area contributed by atoms with Crippen molar-refractivity contribution >= 4 is 6.03 Å². The highest BCUT2D eigenvalue weighted by Gasteiger charge is 2.22. The van der Waals surface area contributed by atoms with Gasteiger partial charge in [-0.1, -0.05) is 18.2 Å². The molecule has 1 N–H and O–H groups in total. The molecule has 1 aromatic carbocycles. The molecule has 0 radical (unpaired) electrons. The van der Waals surface area contributed by atoms with E-state index in [1.54, 1.807) is 4.90 Å². The molecule has 0 spiro atoms. The highest BCUT2D eigenvalue weighted by atomic mass is 16.6. The second-order valence-corrected chi connectivity index (χ2v) is 7.29. The van der Waals surface area contributed by atoms with Gasteiger partial charge in [0.15, 0.2) is 11.5 Å². The molecule has 0 aromatic heterocycles. The van der Waals surface area contributed by atoms with Crippen LogP contribution in [0.15, 0.2) is 30.4 Å². The third-order valence-electron chi connectivity index (χ3n) is 4.78. The van der Waals surface area contributed by atoms with E-state index in [4.69, 9.17) is 9.47 Å². The van der Waals surface area contributed by atoms with Gasteiger partial charge >= 0.3 is 6.03 Å². The van der Waals surface area contributed by atoms with E-state index in [9.17, 15) is 4.79 Å². The Morgan fingerprint density at radius 1 is 1.27 bits per heavy atom. The summed E-state index contributed by atoms with van der Waals surface area (Å²) < 4.78 is 11.1. The number of piperidine rings is 1. The number of hydrogen-bond acceptors (Lipinski definition) is 4. The Labute approximate surface area is 155 Å². The van der Waals surface area contributed by atoms with Gasteiger partial charge in [-0.15, -0.1) is 0 Å². The van der Waals surface area contributed by atoms with Crippen molar-refractivity contribution in [3.05, 3.63) is 35.9 Å². The molecule has 2 aliphatic rings. The van der Waals surface area contributed by atoms with Gasteiger partial charge in [0, 0.05) is 39.3 Å². The molecule has 2 heterocycles. The molecular weight excluding hydrogens is 330 g/mol. The maximum Gasteiger partial charge on any atom is 0.317 e. The molecule has 26 heavy (non-hydrogen) atoms. The van der Waals surface area contributed by atoms with E-state index in [2.05, 4.69) is 23.7 Å². The van der Waals surface area contributed by atoms with Crippen molar-refractivity contribution < 1.29 is 14.3 Å². The van der Waals surface area contributed by atoms with Crippen LogP contribution in [0.4, 0.5) is 4.79 Å². The zero-order chi connectivity index (χ0) is 18.5. The Balaban J connectivity index is 1.47. The number of nitrogens with zero attached hydrogens (tertiary/aromatic N) is 2. The Morgan fingerprint density at radius 3 is 2.65 bits per heavy atom. The molecule has 3 rings (SSSR count).